The molecule has 0 aliphatic carbocycles. The van der Waals surface area contributed by atoms with Gasteiger partial charge in [0.15, 0.2) is 0 Å². The zero-order chi connectivity index (χ0) is 21.1. The number of rotatable bonds is 12. The van der Waals surface area contributed by atoms with Crippen LogP contribution in [0.4, 0.5) is 0 Å². The van der Waals surface area contributed by atoms with Gasteiger partial charge >= 0.3 is 0 Å². The summed E-state index contributed by atoms with van der Waals surface area (Å²) in [6.07, 6.45) is 0.725. The highest BCUT2D eigenvalue weighted by Crippen LogP contribution is 2.16. The molecular weight excluding hydrogens is 384 g/mol. The van der Waals surface area contributed by atoms with Crippen LogP contribution in [0.15, 0.2) is 47.8 Å². The largest absolute Gasteiger partial charge is 0.382 e. The van der Waals surface area contributed by atoms with Crippen LogP contribution in [-0.2, 0) is 27.4 Å². The third-order valence-corrected chi connectivity index (χ3v) is 5.41. The van der Waals surface area contributed by atoms with Gasteiger partial charge in [-0.25, -0.2) is 0 Å². The molecule has 29 heavy (non-hydrogen) atoms. The maximum atomic E-state index is 13.2. The Morgan fingerprint density at radius 3 is 2.41 bits per heavy atom. The molecule has 1 aromatic carbocycles. The summed E-state index contributed by atoms with van der Waals surface area (Å²) in [6.45, 7) is 8.65. The van der Waals surface area contributed by atoms with E-state index in [-0.39, 0.29) is 24.3 Å². The van der Waals surface area contributed by atoms with Crippen molar-refractivity contribution < 1.29 is 14.3 Å². The van der Waals surface area contributed by atoms with E-state index >= 15 is 0 Å². The molecule has 0 saturated carbocycles. The summed E-state index contributed by atoms with van der Waals surface area (Å²) in [5.74, 6) is -0.173. The van der Waals surface area contributed by atoms with Gasteiger partial charge in [-0.15, -0.1) is 11.3 Å². The second-order valence-corrected chi connectivity index (χ2v) is 8.31. The normalized spacial score (nSPS) is 10.9. The number of carbonyl (C=O) groups is 2. The van der Waals surface area contributed by atoms with Gasteiger partial charge in [0.25, 0.3) is 0 Å². The fourth-order valence-corrected chi connectivity index (χ4v) is 3.74. The Balaban J connectivity index is 2.09. The quantitative estimate of drug-likeness (QED) is 0.488. The summed E-state index contributed by atoms with van der Waals surface area (Å²) in [5.41, 5.74) is 1.08. The molecule has 0 spiro atoms. The van der Waals surface area contributed by atoms with Gasteiger partial charge in [-0.3, -0.25) is 9.59 Å². The third-order valence-electron chi connectivity index (χ3n) is 4.55. The minimum absolute atomic E-state index is 0.00522. The van der Waals surface area contributed by atoms with Crippen molar-refractivity contribution in [1.82, 2.24) is 9.80 Å². The van der Waals surface area contributed by atoms with Gasteiger partial charge < -0.3 is 14.5 Å². The molecule has 0 radical (unpaired) electrons. The third kappa shape index (κ3) is 7.99. The molecule has 0 aliphatic heterocycles. The van der Waals surface area contributed by atoms with Crippen molar-refractivity contribution in [3.8, 4) is 0 Å². The van der Waals surface area contributed by atoms with Crippen LogP contribution < -0.4 is 0 Å². The minimum Gasteiger partial charge on any atom is -0.382 e. The van der Waals surface area contributed by atoms with Crippen molar-refractivity contribution in [2.24, 2.45) is 5.92 Å². The number of amides is 2. The van der Waals surface area contributed by atoms with Crippen molar-refractivity contribution >= 4 is 23.2 Å². The van der Waals surface area contributed by atoms with E-state index in [0.29, 0.717) is 32.8 Å². The Kier molecular flexibility index (Phi) is 9.88. The zero-order valence-electron chi connectivity index (χ0n) is 17.7. The van der Waals surface area contributed by atoms with Crippen molar-refractivity contribution in [1.29, 1.82) is 0 Å². The highest BCUT2D eigenvalue weighted by Gasteiger charge is 2.23. The van der Waals surface area contributed by atoms with Gasteiger partial charge in [0.1, 0.15) is 0 Å². The first-order chi connectivity index (χ1) is 14.0. The number of thiophene rings is 1. The summed E-state index contributed by atoms with van der Waals surface area (Å²) >= 11 is 1.64. The van der Waals surface area contributed by atoms with E-state index in [1.807, 2.05) is 73.5 Å². The van der Waals surface area contributed by atoms with Gasteiger partial charge in [0.2, 0.25) is 11.8 Å². The molecule has 6 heteroatoms. The van der Waals surface area contributed by atoms with Crippen molar-refractivity contribution in [3.63, 3.8) is 0 Å². The van der Waals surface area contributed by atoms with E-state index in [9.17, 15) is 9.59 Å². The first-order valence-corrected chi connectivity index (χ1v) is 11.1. The summed E-state index contributed by atoms with van der Waals surface area (Å²) in [5, 5.41) is 2.02. The summed E-state index contributed by atoms with van der Waals surface area (Å²) in [4.78, 5) is 30.5. The molecule has 0 fully saturated rings. The summed E-state index contributed by atoms with van der Waals surface area (Å²) in [6, 6.07) is 14.0. The molecular formula is C23H32N2O3S. The lowest BCUT2D eigenvalue weighted by Crippen LogP contribution is -2.44. The Bertz CT molecular complexity index is 732. The Labute approximate surface area is 178 Å². The molecule has 0 atom stereocenters. The van der Waals surface area contributed by atoms with Crippen LogP contribution >= 0.6 is 11.3 Å². The average Bonchev–Trinajstić information content (AvgIpc) is 3.23. The number of ether oxygens (including phenoxy) is 1. The predicted octanol–water partition coefficient (Wildman–Crippen LogP) is 4.19. The standard InChI is InChI=1S/C23H32N2O3S/c1-4-28-14-9-13-24(23(27)19(2)3)18-22(26)25(17-21-12-8-15-29-21)16-20-10-6-5-7-11-20/h5-8,10-12,15,19H,4,9,13-14,16-18H2,1-3H3. The molecule has 0 unspecified atom stereocenters. The molecule has 2 rings (SSSR count). The molecule has 0 aliphatic rings. The van der Waals surface area contributed by atoms with E-state index in [0.717, 1.165) is 16.9 Å². The molecule has 0 N–H and O–H groups in total. The van der Waals surface area contributed by atoms with E-state index in [2.05, 4.69) is 0 Å². The molecule has 1 heterocycles. The fourth-order valence-electron chi connectivity index (χ4n) is 3.02. The monoisotopic (exact) mass is 416 g/mol. The Morgan fingerprint density at radius 1 is 1.03 bits per heavy atom. The predicted molar refractivity (Wildman–Crippen MR) is 118 cm³/mol. The van der Waals surface area contributed by atoms with Gasteiger partial charge in [-0.05, 0) is 30.4 Å². The molecule has 0 bridgehead atoms. The van der Waals surface area contributed by atoms with Crippen LogP contribution in [0.1, 0.15) is 37.6 Å². The Morgan fingerprint density at radius 2 is 1.79 bits per heavy atom. The van der Waals surface area contributed by atoms with E-state index in [4.69, 9.17) is 4.74 Å². The highest BCUT2D eigenvalue weighted by molar-refractivity contribution is 7.09. The average molecular weight is 417 g/mol. The summed E-state index contributed by atoms with van der Waals surface area (Å²) < 4.78 is 5.39. The number of benzene rings is 1. The van der Waals surface area contributed by atoms with Crippen LogP contribution in [0.25, 0.3) is 0 Å². The van der Waals surface area contributed by atoms with Gasteiger partial charge in [0.05, 0.1) is 13.1 Å². The topological polar surface area (TPSA) is 49.9 Å². The van der Waals surface area contributed by atoms with Gasteiger partial charge in [-0.2, -0.15) is 0 Å². The highest BCUT2D eigenvalue weighted by atomic mass is 32.1. The molecule has 2 aromatic rings. The van der Waals surface area contributed by atoms with Crippen LogP contribution in [0.3, 0.4) is 0 Å². The SMILES string of the molecule is CCOCCCN(CC(=O)N(Cc1ccccc1)Cc1cccs1)C(=O)C(C)C. The molecule has 2 amide bonds. The van der Waals surface area contributed by atoms with Crippen molar-refractivity contribution in [2.45, 2.75) is 40.3 Å². The number of hydrogen-bond donors (Lipinski definition) is 0. The maximum Gasteiger partial charge on any atom is 0.242 e. The van der Waals surface area contributed by atoms with E-state index in [1.165, 1.54) is 0 Å². The molecule has 5 nitrogen and oxygen atoms in total. The van der Waals surface area contributed by atoms with Crippen LogP contribution in [0.2, 0.25) is 0 Å². The zero-order valence-corrected chi connectivity index (χ0v) is 18.5. The number of hydrogen-bond acceptors (Lipinski definition) is 4. The van der Waals surface area contributed by atoms with Crippen LogP contribution in [0.5, 0.6) is 0 Å². The molecule has 158 valence electrons. The minimum atomic E-state index is -0.144. The second kappa shape index (κ2) is 12.4. The smallest absolute Gasteiger partial charge is 0.242 e. The number of nitrogens with zero attached hydrogens (tertiary/aromatic N) is 2. The lowest BCUT2D eigenvalue weighted by Gasteiger charge is -2.28. The van der Waals surface area contributed by atoms with Crippen molar-refractivity contribution in [3.05, 3.63) is 58.3 Å². The van der Waals surface area contributed by atoms with Gasteiger partial charge in [-0.1, -0.05) is 50.2 Å². The van der Waals surface area contributed by atoms with Crippen LogP contribution in [0, 0.1) is 5.92 Å². The second-order valence-electron chi connectivity index (χ2n) is 7.28. The maximum absolute atomic E-state index is 13.2. The van der Waals surface area contributed by atoms with Crippen molar-refractivity contribution in [2.75, 3.05) is 26.3 Å². The van der Waals surface area contributed by atoms with E-state index < -0.39 is 0 Å². The molecule has 0 saturated heterocycles. The van der Waals surface area contributed by atoms with E-state index in [1.54, 1.807) is 16.2 Å². The summed E-state index contributed by atoms with van der Waals surface area (Å²) in [7, 11) is 0. The first-order valence-electron chi connectivity index (χ1n) is 10.2. The van der Waals surface area contributed by atoms with Crippen LogP contribution in [-0.4, -0.2) is 47.9 Å². The first kappa shape index (κ1) is 23.1. The van der Waals surface area contributed by atoms with Gasteiger partial charge in [0, 0.05) is 37.1 Å². The number of carbonyl (C=O) groups excluding carboxylic acids is 2. The lowest BCUT2D eigenvalue weighted by atomic mass is 10.1. The Hall–Kier alpha value is -2.18. The molecule has 1 aromatic heterocycles. The lowest BCUT2D eigenvalue weighted by molar-refractivity contribution is -0.143. The fraction of sp³-hybridized carbons (Fsp3) is 0.478.